The molecule has 1 aromatic rings. The minimum atomic E-state index is -0.997. The molecule has 0 spiro atoms. The van der Waals surface area contributed by atoms with E-state index in [1.54, 1.807) is 24.3 Å². The Bertz CT molecular complexity index is 368. The topological polar surface area (TPSA) is 37.3 Å². The van der Waals surface area contributed by atoms with E-state index in [0.29, 0.717) is 12.0 Å². The molecule has 2 atom stereocenters. The number of carboxylic acids is 1. The summed E-state index contributed by atoms with van der Waals surface area (Å²) in [6.07, 6.45) is 0.803. The Morgan fingerprint density at radius 3 is 2.44 bits per heavy atom. The molecule has 0 radical (unpaired) electrons. The molecule has 0 aliphatic rings. The fourth-order valence-electron chi connectivity index (χ4n) is 1.44. The summed E-state index contributed by atoms with van der Waals surface area (Å²) in [6, 6.07) is 6.87. The van der Waals surface area contributed by atoms with Crippen molar-refractivity contribution in [2.24, 2.45) is 5.92 Å². The van der Waals surface area contributed by atoms with Crippen LogP contribution in [0.3, 0.4) is 0 Å². The van der Waals surface area contributed by atoms with Gasteiger partial charge in [-0.3, -0.25) is 4.79 Å². The van der Waals surface area contributed by atoms with E-state index in [1.165, 1.54) is 13.0 Å². The van der Waals surface area contributed by atoms with E-state index < -0.39 is 18.1 Å². The minimum Gasteiger partial charge on any atom is -0.481 e. The van der Waals surface area contributed by atoms with Crippen LogP contribution in [0, 0.1) is 5.92 Å². The number of alkyl halides is 1. The second kappa shape index (κ2) is 5.45. The van der Waals surface area contributed by atoms with Crippen LogP contribution in [0.4, 0.5) is 4.39 Å². The van der Waals surface area contributed by atoms with Crippen LogP contribution in [-0.4, -0.2) is 11.1 Å². The van der Waals surface area contributed by atoms with Gasteiger partial charge in [0, 0.05) is 0 Å². The molecule has 2 nitrogen and oxygen atoms in total. The van der Waals surface area contributed by atoms with Gasteiger partial charge in [-0.15, -0.1) is 6.58 Å². The maximum Gasteiger partial charge on any atom is 0.310 e. The molecule has 0 aliphatic carbocycles. The Morgan fingerprint density at radius 1 is 1.50 bits per heavy atom. The zero-order valence-corrected chi connectivity index (χ0v) is 9.19. The maximum atomic E-state index is 12.9. The summed E-state index contributed by atoms with van der Waals surface area (Å²) in [5.41, 5.74) is 1.48. The molecule has 0 heterocycles. The maximum absolute atomic E-state index is 12.9. The lowest BCUT2D eigenvalue weighted by molar-refractivity contribution is -0.140. The fourth-order valence-corrected chi connectivity index (χ4v) is 1.44. The highest BCUT2D eigenvalue weighted by Crippen LogP contribution is 2.18. The van der Waals surface area contributed by atoms with Gasteiger partial charge in [-0.1, -0.05) is 30.3 Å². The quantitative estimate of drug-likeness (QED) is 0.777. The molecule has 1 aromatic carbocycles. The summed E-state index contributed by atoms with van der Waals surface area (Å²) in [7, 11) is 0. The Labute approximate surface area is 94.4 Å². The van der Waals surface area contributed by atoms with Crippen molar-refractivity contribution in [3.63, 3.8) is 0 Å². The molecule has 0 amide bonds. The molecule has 0 bridgehead atoms. The van der Waals surface area contributed by atoms with E-state index in [0.717, 1.165) is 5.56 Å². The molecule has 3 heteroatoms. The number of carbonyl (C=O) groups is 1. The molecule has 0 aromatic heterocycles. The summed E-state index contributed by atoms with van der Waals surface area (Å²) in [4.78, 5) is 10.8. The number of rotatable bonds is 5. The van der Waals surface area contributed by atoms with Crippen molar-refractivity contribution in [3.05, 3.63) is 48.0 Å². The van der Waals surface area contributed by atoms with Gasteiger partial charge < -0.3 is 5.11 Å². The van der Waals surface area contributed by atoms with Crippen molar-refractivity contribution in [1.29, 1.82) is 0 Å². The molecule has 16 heavy (non-hydrogen) atoms. The number of hydrogen-bond donors (Lipinski definition) is 1. The van der Waals surface area contributed by atoms with E-state index in [4.69, 9.17) is 5.11 Å². The van der Waals surface area contributed by atoms with Gasteiger partial charge in [0.1, 0.15) is 6.17 Å². The van der Waals surface area contributed by atoms with Crippen LogP contribution in [0.5, 0.6) is 0 Å². The van der Waals surface area contributed by atoms with Crippen molar-refractivity contribution in [1.82, 2.24) is 0 Å². The van der Waals surface area contributed by atoms with Gasteiger partial charge in [0.05, 0.1) is 5.92 Å². The second-order valence-electron chi connectivity index (χ2n) is 3.74. The SMILES string of the molecule is C=C[C@@H](Cc1ccc(C(C)F)cc1)C(=O)O. The van der Waals surface area contributed by atoms with Gasteiger partial charge >= 0.3 is 5.97 Å². The number of benzene rings is 1. The molecular formula is C13H15FO2. The first-order chi connectivity index (χ1) is 7.54. The van der Waals surface area contributed by atoms with Crippen LogP contribution >= 0.6 is 0 Å². The molecule has 1 N–H and O–H groups in total. The highest BCUT2D eigenvalue weighted by Gasteiger charge is 2.13. The number of hydrogen-bond acceptors (Lipinski definition) is 1. The Kier molecular flexibility index (Phi) is 4.23. The zero-order chi connectivity index (χ0) is 12.1. The van der Waals surface area contributed by atoms with Crippen molar-refractivity contribution < 1.29 is 14.3 Å². The summed E-state index contributed by atoms with van der Waals surface area (Å²) < 4.78 is 12.9. The van der Waals surface area contributed by atoms with Gasteiger partial charge in [-0.05, 0) is 24.5 Å². The molecule has 0 fully saturated rings. The lowest BCUT2D eigenvalue weighted by atomic mass is 9.98. The Balaban J connectivity index is 2.75. The predicted molar refractivity (Wildman–Crippen MR) is 61.0 cm³/mol. The monoisotopic (exact) mass is 222 g/mol. The summed E-state index contributed by atoms with van der Waals surface area (Å²) in [5, 5.41) is 8.85. The molecule has 86 valence electrons. The van der Waals surface area contributed by atoms with E-state index in [2.05, 4.69) is 6.58 Å². The molecule has 0 aliphatic heterocycles. The van der Waals surface area contributed by atoms with Gasteiger partial charge in [-0.25, -0.2) is 4.39 Å². The Hall–Kier alpha value is -1.64. The van der Waals surface area contributed by atoms with Gasteiger partial charge in [0.15, 0.2) is 0 Å². The van der Waals surface area contributed by atoms with Crippen LogP contribution in [0.15, 0.2) is 36.9 Å². The average molecular weight is 222 g/mol. The first kappa shape index (κ1) is 12.4. The number of aliphatic carboxylic acids is 1. The van der Waals surface area contributed by atoms with E-state index in [1.807, 2.05) is 0 Å². The third kappa shape index (κ3) is 3.19. The highest BCUT2D eigenvalue weighted by molar-refractivity contribution is 5.72. The largest absolute Gasteiger partial charge is 0.481 e. The third-order valence-electron chi connectivity index (χ3n) is 2.50. The molecular weight excluding hydrogens is 207 g/mol. The van der Waals surface area contributed by atoms with Crippen molar-refractivity contribution in [2.75, 3.05) is 0 Å². The van der Waals surface area contributed by atoms with Crippen LogP contribution in [0.25, 0.3) is 0 Å². The lowest BCUT2D eigenvalue weighted by Crippen LogP contribution is -2.13. The first-order valence-electron chi connectivity index (χ1n) is 5.13. The van der Waals surface area contributed by atoms with Gasteiger partial charge in [0.25, 0.3) is 0 Å². The van der Waals surface area contributed by atoms with Crippen LogP contribution in [0.1, 0.15) is 24.2 Å². The van der Waals surface area contributed by atoms with Gasteiger partial charge in [0.2, 0.25) is 0 Å². The van der Waals surface area contributed by atoms with Crippen LogP contribution in [-0.2, 0) is 11.2 Å². The van der Waals surface area contributed by atoms with E-state index in [9.17, 15) is 9.18 Å². The fraction of sp³-hybridized carbons (Fsp3) is 0.308. The molecule has 0 saturated carbocycles. The van der Waals surface area contributed by atoms with Crippen molar-refractivity contribution >= 4 is 5.97 Å². The normalized spacial score (nSPS) is 14.1. The lowest BCUT2D eigenvalue weighted by Gasteiger charge is -2.08. The molecule has 1 rings (SSSR count). The first-order valence-corrected chi connectivity index (χ1v) is 5.13. The molecule has 1 unspecified atom stereocenters. The van der Waals surface area contributed by atoms with E-state index >= 15 is 0 Å². The summed E-state index contributed by atoms with van der Waals surface area (Å²) in [5.74, 6) is -1.48. The zero-order valence-electron chi connectivity index (χ0n) is 9.19. The standard InChI is InChI=1S/C13H15FO2/c1-3-11(13(15)16)8-10-4-6-12(7-5-10)9(2)14/h3-7,9,11H,1,8H2,2H3,(H,15,16)/t9?,11-/m0/s1. The summed E-state index contributed by atoms with van der Waals surface area (Å²) in [6.45, 7) is 4.95. The van der Waals surface area contributed by atoms with Crippen LogP contribution in [0.2, 0.25) is 0 Å². The van der Waals surface area contributed by atoms with E-state index in [-0.39, 0.29) is 0 Å². The van der Waals surface area contributed by atoms with Gasteiger partial charge in [-0.2, -0.15) is 0 Å². The smallest absolute Gasteiger partial charge is 0.310 e. The van der Waals surface area contributed by atoms with Crippen molar-refractivity contribution in [3.8, 4) is 0 Å². The minimum absolute atomic E-state index is 0.389. The Morgan fingerprint density at radius 2 is 2.06 bits per heavy atom. The average Bonchev–Trinajstić information content (AvgIpc) is 2.26. The van der Waals surface area contributed by atoms with Crippen molar-refractivity contribution in [2.45, 2.75) is 19.5 Å². The predicted octanol–water partition coefficient (Wildman–Crippen LogP) is 3.15. The number of carboxylic acid groups (broad SMARTS) is 1. The second-order valence-corrected chi connectivity index (χ2v) is 3.74. The third-order valence-corrected chi connectivity index (χ3v) is 2.50. The van der Waals surface area contributed by atoms with Crippen LogP contribution < -0.4 is 0 Å². The highest BCUT2D eigenvalue weighted by atomic mass is 19.1. The number of halogens is 1. The summed E-state index contributed by atoms with van der Waals surface area (Å²) >= 11 is 0. The molecule has 0 saturated heterocycles.